The molecule has 0 saturated carbocycles. The predicted octanol–water partition coefficient (Wildman–Crippen LogP) is 1.08. The van der Waals surface area contributed by atoms with Gasteiger partial charge in [-0.1, -0.05) is 29.8 Å². The van der Waals surface area contributed by atoms with Gasteiger partial charge in [0.1, 0.15) is 12.1 Å². The van der Waals surface area contributed by atoms with Crippen LogP contribution in [0.4, 0.5) is 0 Å². The number of hydrogen-bond donors (Lipinski definition) is 3. The topological polar surface area (TPSA) is 65.6 Å². The van der Waals surface area contributed by atoms with E-state index in [-0.39, 0.29) is 30.0 Å². The summed E-state index contributed by atoms with van der Waals surface area (Å²) in [6.45, 7) is 4.97. The molecule has 1 amide bonds. The summed E-state index contributed by atoms with van der Waals surface area (Å²) in [4.78, 5) is 15.2. The second-order valence-electron chi connectivity index (χ2n) is 7.21. The van der Waals surface area contributed by atoms with E-state index in [1.165, 1.54) is 0 Å². The van der Waals surface area contributed by atoms with Crippen LogP contribution in [-0.4, -0.2) is 55.2 Å². The van der Waals surface area contributed by atoms with Crippen LogP contribution in [0.15, 0.2) is 24.3 Å². The summed E-state index contributed by atoms with van der Waals surface area (Å²) >= 11 is 6.33. The number of halogens is 1. The van der Waals surface area contributed by atoms with Crippen molar-refractivity contribution in [2.75, 3.05) is 26.2 Å². The Bertz CT molecular complexity index is 643. The molecule has 5 unspecified atom stereocenters. The molecule has 3 aliphatic rings. The first-order chi connectivity index (χ1) is 12.1. The maximum atomic E-state index is 13.2. The van der Waals surface area contributed by atoms with Crippen molar-refractivity contribution in [1.29, 1.82) is 0 Å². The molecule has 4 rings (SSSR count). The zero-order chi connectivity index (χ0) is 17.4. The van der Waals surface area contributed by atoms with E-state index >= 15 is 0 Å². The molecular weight excluding hydrogens is 340 g/mol. The molecule has 0 spiro atoms. The van der Waals surface area contributed by atoms with Gasteiger partial charge in [-0.2, -0.15) is 0 Å². The summed E-state index contributed by atoms with van der Waals surface area (Å²) in [7, 11) is 0. The molecule has 0 aliphatic carbocycles. The summed E-state index contributed by atoms with van der Waals surface area (Å²) < 4.78 is 5.98. The van der Waals surface area contributed by atoms with Gasteiger partial charge in [0.05, 0.1) is 19.2 Å². The van der Waals surface area contributed by atoms with Crippen LogP contribution in [0.3, 0.4) is 0 Å². The fourth-order valence-corrected chi connectivity index (χ4v) is 4.39. The van der Waals surface area contributed by atoms with Gasteiger partial charge in [0.25, 0.3) is 0 Å². The second-order valence-corrected chi connectivity index (χ2v) is 7.62. The molecule has 3 aliphatic heterocycles. The first-order valence-corrected chi connectivity index (χ1v) is 9.41. The van der Waals surface area contributed by atoms with Crippen LogP contribution >= 0.6 is 11.6 Å². The van der Waals surface area contributed by atoms with Crippen molar-refractivity contribution in [1.82, 2.24) is 21.1 Å². The lowest BCUT2D eigenvalue weighted by Gasteiger charge is -2.40. The van der Waals surface area contributed by atoms with Gasteiger partial charge in [0, 0.05) is 29.1 Å². The fraction of sp³-hybridized carbons (Fsp3) is 0.611. The third-order valence-corrected chi connectivity index (χ3v) is 5.96. The van der Waals surface area contributed by atoms with E-state index in [9.17, 15) is 4.79 Å². The lowest BCUT2D eigenvalue weighted by atomic mass is 9.88. The highest BCUT2D eigenvalue weighted by molar-refractivity contribution is 6.31. The van der Waals surface area contributed by atoms with Gasteiger partial charge in [0.15, 0.2) is 0 Å². The molecule has 3 saturated heterocycles. The number of benzene rings is 1. The van der Waals surface area contributed by atoms with Crippen LogP contribution in [0.5, 0.6) is 0 Å². The molecule has 3 fully saturated rings. The summed E-state index contributed by atoms with van der Waals surface area (Å²) in [5, 5.41) is 4.09. The third kappa shape index (κ3) is 3.29. The van der Waals surface area contributed by atoms with Crippen LogP contribution in [-0.2, 0) is 9.53 Å². The van der Waals surface area contributed by atoms with Gasteiger partial charge in [-0.3, -0.25) is 10.2 Å². The minimum atomic E-state index is -0.190. The molecule has 0 bridgehead atoms. The van der Waals surface area contributed by atoms with Crippen molar-refractivity contribution in [2.24, 2.45) is 5.92 Å². The number of ether oxygens (including phenoxy) is 1. The molecule has 1 aromatic carbocycles. The Morgan fingerprint density at radius 2 is 2.16 bits per heavy atom. The average Bonchev–Trinajstić information content (AvgIpc) is 3.06. The van der Waals surface area contributed by atoms with Crippen LogP contribution < -0.4 is 16.2 Å². The Morgan fingerprint density at radius 1 is 1.32 bits per heavy atom. The number of rotatable bonds is 2. The number of fused-ring (bicyclic) bond motifs is 1. The normalized spacial score (nSPS) is 35.4. The lowest BCUT2D eigenvalue weighted by molar-refractivity contribution is -0.147. The van der Waals surface area contributed by atoms with Crippen molar-refractivity contribution < 1.29 is 9.53 Å². The van der Waals surface area contributed by atoms with Gasteiger partial charge in [-0.05, 0) is 26.0 Å². The predicted molar refractivity (Wildman–Crippen MR) is 96.1 cm³/mol. The van der Waals surface area contributed by atoms with E-state index in [2.05, 4.69) is 16.2 Å². The summed E-state index contributed by atoms with van der Waals surface area (Å²) in [5.41, 5.74) is 7.49. The number of carbonyl (C=O) groups excluding carboxylic acids is 1. The molecule has 25 heavy (non-hydrogen) atoms. The molecule has 7 heteroatoms. The fourth-order valence-electron chi connectivity index (χ4n) is 4.13. The summed E-state index contributed by atoms with van der Waals surface area (Å²) in [6.07, 6.45) is 0.867. The van der Waals surface area contributed by atoms with Gasteiger partial charge in [-0.15, -0.1) is 0 Å². The van der Waals surface area contributed by atoms with Crippen molar-refractivity contribution in [3.05, 3.63) is 34.9 Å². The quantitative estimate of drug-likeness (QED) is 0.733. The van der Waals surface area contributed by atoms with Crippen molar-refractivity contribution in [3.63, 3.8) is 0 Å². The van der Waals surface area contributed by atoms with E-state index in [0.29, 0.717) is 24.2 Å². The molecule has 1 aromatic rings. The Labute approximate surface area is 153 Å². The van der Waals surface area contributed by atoms with Gasteiger partial charge in [-0.25, -0.2) is 5.43 Å². The Morgan fingerprint density at radius 3 is 3.00 bits per heavy atom. The molecule has 3 N–H and O–H groups in total. The monoisotopic (exact) mass is 364 g/mol. The van der Waals surface area contributed by atoms with Crippen molar-refractivity contribution >= 4 is 17.5 Å². The second kappa shape index (κ2) is 7.21. The highest BCUT2D eigenvalue weighted by Crippen LogP contribution is 2.31. The van der Waals surface area contributed by atoms with Gasteiger partial charge < -0.3 is 15.0 Å². The van der Waals surface area contributed by atoms with Gasteiger partial charge in [0.2, 0.25) is 5.91 Å². The Balaban J connectivity index is 1.50. The molecule has 0 aromatic heterocycles. The number of hydrogen-bond acceptors (Lipinski definition) is 5. The van der Waals surface area contributed by atoms with E-state index in [1.807, 2.05) is 36.1 Å². The molecule has 0 radical (unpaired) electrons. The maximum Gasteiger partial charge on any atom is 0.241 e. The minimum absolute atomic E-state index is 0.0589. The molecule has 3 heterocycles. The minimum Gasteiger partial charge on any atom is -0.369 e. The highest BCUT2D eigenvalue weighted by atomic mass is 35.5. The number of carbonyl (C=O) groups is 1. The third-order valence-electron chi connectivity index (χ3n) is 5.62. The summed E-state index contributed by atoms with van der Waals surface area (Å²) in [6, 6.07) is 7.94. The van der Waals surface area contributed by atoms with Crippen LogP contribution in [0.25, 0.3) is 0 Å². The number of hydrazine groups is 1. The maximum absolute atomic E-state index is 13.2. The Hall–Kier alpha value is -1.18. The van der Waals surface area contributed by atoms with Crippen LogP contribution in [0.2, 0.25) is 5.02 Å². The smallest absolute Gasteiger partial charge is 0.241 e. The zero-order valence-corrected chi connectivity index (χ0v) is 15.1. The Kier molecular flexibility index (Phi) is 4.97. The number of amides is 1. The van der Waals surface area contributed by atoms with E-state index in [4.69, 9.17) is 16.3 Å². The van der Waals surface area contributed by atoms with E-state index < -0.39 is 0 Å². The SMILES string of the molecule is CC1COC(c2ccccc2Cl)CN1C(=O)C1NNC2CCNCC21. The van der Waals surface area contributed by atoms with E-state index in [1.54, 1.807) is 0 Å². The van der Waals surface area contributed by atoms with E-state index in [0.717, 1.165) is 25.1 Å². The first-order valence-electron chi connectivity index (χ1n) is 9.03. The first kappa shape index (κ1) is 17.2. The summed E-state index contributed by atoms with van der Waals surface area (Å²) in [5.74, 6) is 0.437. The standard InChI is InChI=1S/C18H25ClN4O2/c1-11-10-25-16(12-4-2-3-5-14(12)19)9-23(11)18(24)17-13-8-20-7-6-15(13)21-22-17/h2-5,11,13,15-17,20-22H,6-10H2,1H3. The largest absolute Gasteiger partial charge is 0.369 e. The molecular formula is C18H25ClN4O2. The van der Waals surface area contributed by atoms with Crippen LogP contribution in [0, 0.1) is 5.92 Å². The molecule has 5 atom stereocenters. The number of piperidine rings is 1. The number of nitrogens with one attached hydrogen (secondary N) is 3. The number of morpholine rings is 1. The molecule has 136 valence electrons. The number of nitrogens with zero attached hydrogens (tertiary/aromatic N) is 1. The lowest BCUT2D eigenvalue weighted by Crippen LogP contribution is -2.56. The average molecular weight is 365 g/mol. The zero-order valence-electron chi connectivity index (χ0n) is 14.4. The van der Waals surface area contributed by atoms with Crippen molar-refractivity contribution in [2.45, 2.75) is 37.6 Å². The molecule has 6 nitrogen and oxygen atoms in total. The highest BCUT2D eigenvalue weighted by Gasteiger charge is 2.44. The van der Waals surface area contributed by atoms with Crippen molar-refractivity contribution in [3.8, 4) is 0 Å². The van der Waals surface area contributed by atoms with Crippen LogP contribution in [0.1, 0.15) is 25.0 Å². The van der Waals surface area contributed by atoms with Gasteiger partial charge >= 0.3 is 0 Å².